The summed E-state index contributed by atoms with van der Waals surface area (Å²) < 4.78 is 50.2. The van der Waals surface area contributed by atoms with Gasteiger partial charge in [-0.15, -0.1) is 11.8 Å². The van der Waals surface area contributed by atoms with Crippen molar-refractivity contribution in [1.82, 2.24) is 15.0 Å². The van der Waals surface area contributed by atoms with Crippen LogP contribution in [-0.2, 0) is 28.7 Å². The Hall–Kier alpha value is -4.31. The molecule has 0 saturated carbocycles. The van der Waals surface area contributed by atoms with Crippen LogP contribution >= 0.6 is 11.8 Å². The van der Waals surface area contributed by atoms with Crippen molar-refractivity contribution in [2.24, 2.45) is 0 Å². The molecule has 0 aliphatic rings. The number of hydrogen-bond acceptors (Lipinski definition) is 6. The molecule has 234 valence electrons. The summed E-state index contributed by atoms with van der Waals surface area (Å²) in [5.41, 5.74) is 3.83. The topological polar surface area (TPSA) is 77.1 Å². The van der Waals surface area contributed by atoms with E-state index in [1.165, 1.54) is 6.07 Å². The van der Waals surface area contributed by atoms with E-state index < -0.39 is 17.7 Å². The maximum absolute atomic E-state index is 13.5. The molecule has 0 aliphatic heterocycles. The zero-order valence-electron chi connectivity index (χ0n) is 25.4. The van der Waals surface area contributed by atoms with Crippen molar-refractivity contribution >= 4 is 28.6 Å². The summed E-state index contributed by atoms with van der Waals surface area (Å²) in [5.74, 6) is -0.420. The maximum atomic E-state index is 13.5. The zero-order chi connectivity index (χ0) is 32.2. The fourth-order valence-corrected chi connectivity index (χ4v) is 6.10. The number of esters is 1. The second-order valence-electron chi connectivity index (χ2n) is 11.6. The molecule has 45 heavy (non-hydrogen) atoms. The van der Waals surface area contributed by atoms with E-state index in [1.54, 1.807) is 37.0 Å². The van der Waals surface area contributed by atoms with Crippen LogP contribution in [0.15, 0.2) is 90.1 Å². The Kier molecular flexibility index (Phi) is 9.53. The molecule has 6 nitrogen and oxygen atoms in total. The van der Waals surface area contributed by atoms with Crippen molar-refractivity contribution in [3.63, 3.8) is 0 Å². The van der Waals surface area contributed by atoms with Gasteiger partial charge in [-0.1, -0.05) is 57.2 Å². The van der Waals surface area contributed by atoms with Gasteiger partial charge in [-0.05, 0) is 54.8 Å². The number of nitrogens with one attached hydrogen (secondary N) is 1. The Labute approximate surface area is 264 Å². The van der Waals surface area contributed by atoms with Gasteiger partial charge < -0.3 is 14.5 Å². The number of halogens is 3. The van der Waals surface area contributed by atoms with E-state index in [0.717, 1.165) is 44.9 Å². The molecule has 3 heterocycles. The molecule has 5 rings (SSSR count). The van der Waals surface area contributed by atoms with Gasteiger partial charge in [0.1, 0.15) is 12.5 Å². The minimum atomic E-state index is -4.45. The standard InChI is InChI=1S/C35H34F3N3O3S/c1-5-43-33(42)27(18-22-9-12-24(13-10-22)28-16-14-25(20-40-28)35(36,37)38)31-32(45-34(2,3)4)26-19-23(11-15-29(26)41-31)21-44-30-8-6-7-17-39-30/h6-17,19-20,27,41H,5,18,21H2,1-4H3. The third-order valence-corrected chi connectivity index (χ3v) is 8.23. The molecule has 0 fully saturated rings. The third-order valence-electron chi connectivity index (χ3n) is 6.98. The number of aromatic amines is 1. The van der Waals surface area contributed by atoms with Gasteiger partial charge in [-0.3, -0.25) is 9.78 Å². The Morgan fingerprint density at radius 2 is 1.71 bits per heavy atom. The fourth-order valence-electron chi connectivity index (χ4n) is 4.90. The molecule has 1 N–H and O–H groups in total. The monoisotopic (exact) mass is 633 g/mol. The van der Waals surface area contributed by atoms with Crippen LogP contribution in [0.4, 0.5) is 13.2 Å². The zero-order valence-corrected chi connectivity index (χ0v) is 26.3. The van der Waals surface area contributed by atoms with Gasteiger partial charge in [0, 0.05) is 50.3 Å². The first-order valence-electron chi connectivity index (χ1n) is 14.6. The van der Waals surface area contributed by atoms with Crippen molar-refractivity contribution < 1.29 is 27.4 Å². The SMILES string of the molecule is CCOC(=O)C(Cc1ccc(-c2ccc(C(F)(F)F)cn2)cc1)c1[nH]c2ccc(COc3ccccn3)cc2c1SC(C)(C)C. The number of aromatic nitrogens is 3. The maximum Gasteiger partial charge on any atom is 0.417 e. The third kappa shape index (κ3) is 8.05. The summed E-state index contributed by atoms with van der Waals surface area (Å²) in [6.07, 6.45) is -1.57. The minimum absolute atomic E-state index is 0.153. The van der Waals surface area contributed by atoms with Crippen LogP contribution in [-0.4, -0.2) is 32.3 Å². The average Bonchev–Trinajstić information content (AvgIpc) is 3.35. The molecule has 10 heteroatoms. The molecular formula is C35H34F3N3O3S. The quantitative estimate of drug-likeness (QED) is 0.122. The van der Waals surface area contributed by atoms with Crippen molar-refractivity contribution in [2.75, 3.05) is 6.61 Å². The Bertz CT molecular complexity index is 1750. The molecule has 2 aromatic carbocycles. The lowest BCUT2D eigenvalue weighted by Crippen LogP contribution is -2.20. The van der Waals surface area contributed by atoms with E-state index in [9.17, 15) is 18.0 Å². The Morgan fingerprint density at radius 3 is 2.33 bits per heavy atom. The lowest BCUT2D eigenvalue weighted by molar-refractivity contribution is -0.145. The second-order valence-corrected chi connectivity index (χ2v) is 13.4. The van der Waals surface area contributed by atoms with E-state index >= 15 is 0 Å². The normalized spacial score (nSPS) is 12.7. The highest BCUT2D eigenvalue weighted by Crippen LogP contribution is 2.43. The molecule has 0 spiro atoms. The van der Waals surface area contributed by atoms with Crippen LogP contribution in [0.25, 0.3) is 22.2 Å². The first-order valence-corrected chi connectivity index (χ1v) is 15.4. The number of rotatable bonds is 10. The fraction of sp³-hybridized carbons (Fsp3) is 0.286. The summed E-state index contributed by atoms with van der Waals surface area (Å²) in [7, 11) is 0. The summed E-state index contributed by atoms with van der Waals surface area (Å²) in [6, 6.07) is 21.3. The predicted molar refractivity (Wildman–Crippen MR) is 170 cm³/mol. The molecule has 0 aliphatic carbocycles. The van der Waals surface area contributed by atoms with Gasteiger partial charge in [-0.25, -0.2) is 4.98 Å². The molecule has 3 aromatic heterocycles. The minimum Gasteiger partial charge on any atom is -0.473 e. The molecule has 1 atom stereocenters. The molecule has 1 unspecified atom stereocenters. The van der Waals surface area contributed by atoms with Gasteiger partial charge >= 0.3 is 12.1 Å². The van der Waals surface area contributed by atoms with E-state index in [-0.39, 0.29) is 17.3 Å². The largest absolute Gasteiger partial charge is 0.473 e. The molecule has 0 radical (unpaired) electrons. The van der Waals surface area contributed by atoms with Crippen molar-refractivity contribution in [2.45, 2.75) is 62.5 Å². The number of alkyl halides is 3. The second kappa shape index (κ2) is 13.4. The Balaban J connectivity index is 1.47. The van der Waals surface area contributed by atoms with Gasteiger partial charge in [0.15, 0.2) is 0 Å². The van der Waals surface area contributed by atoms with E-state index in [1.807, 2.05) is 42.5 Å². The highest BCUT2D eigenvalue weighted by molar-refractivity contribution is 8.00. The highest BCUT2D eigenvalue weighted by Gasteiger charge is 2.32. The van der Waals surface area contributed by atoms with Crippen LogP contribution < -0.4 is 4.74 Å². The van der Waals surface area contributed by atoms with Gasteiger partial charge in [0.25, 0.3) is 0 Å². The average molecular weight is 634 g/mol. The summed E-state index contributed by atoms with van der Waals surface area (Å²) in [4.78, 5) is 26.2. The van der Waals surface area contributed by atoms with Gasteiger partial charge in [-0.2, -0.15) is 13.2 Å². The molecule has 0 saturated heterocycles. The number of ether oxygens (including phenoxy) is 2. The number of carbonyl (C=O) groups excluding carboxylic acids is 1. The smallest absolute Gasteiger partial charge is 0.417 e. The first kappa shape index (κ1) is 32.1. The van der Waals surface area contributed by atoms with Crippen LogP contribution in [0.1, 0.15) is 56.0 Å². The van der Waals surface area contributed by atoms with Crippen LogP contribution in [0.2, 0.25) is 0 Å². The molecule has 0 amide bonds. The predicted octanol–water partition coefficient (Wildman–Crippen LogP) is 9.00. The number of carbonyl (C=O) groups is 1. The number of thioether (sulfide) groups is 1. The van der Waals surface area contributed by atoms with Gasteiger partial charge in [0.05, 0.1) is 17.9 Å². The summed E-state index contributed by atoms with van der Waals surface area (Å²) in [6.45, 7) is 8.75. The number of fused-ring (bicyclic) bond motifs is 1. The van der Waals surface area contributed by atoms with E-state index in [0.29, 0.717) is 30.2 Å². The molecule has 5 aromatic rings. The van der Waals surface area contributed by atoms with Crippen molar-refractivity contribution in [3.05, 3.63) is 108 Å². The van der Waals surface area contributed by atoms with Crippen LogP contribution in [0.5, 0.6) is 5.88 Å². The molecule has 0 bridgehead atoms. The highest BCUT2D eigenvalue weighted by atomic mass is 32.2. The lowest BCUT2D eigenvalue weighted by Gasteiger charge is -2.21. The first-order chi connectivity index (χ1) is 21.4. The lowest BCUT2D eigenvalue weighted by atomic mass is 9.95. The van der Waals surface area contributed by atoms with Crippen LogP contribution in [0.3, 0.4) is 0 Å². The number of H-pyrrole nitrogens is 1. The van der Waals surface area contributed by atoms with Gasteiger partial charge in [0.2, 0.25) is 5.88 Å². The van der Waals surface area contributed by atoms with E-state index in [2.05, 4.69) is 41.8 Å². The number of nitrogens with zero attached hydrogens (tertiary/aromatic N) is 2. The molecular weight excluding hydrogens is 599 g/mol. The Morgan fingerprint density at radius 1 is 0.956 bits per heavy atom. The summed E-state index contributed by atoms with van der Waals surface area (Å²) in [5, 5.41) is 0.991. The number of hydrogen-bond donors (Lipinski definition) is 1. The number of benzene rings is 2. The van der Waals surface area contributed by atoms with Crippen molar-refractivity contribution in [3.8, 4) is 17.1 Å². The summed E-state index contributed by atoms with van der Waals surface area (Å²) >= 11 is 1.68. The van der Waals surface area contributed by atoms with E-state index in [4.69, 9.17) is 9.47 Å². The number of pyridine rings is 2. The van der Waals surface area contributed by atoms with Crippen LogP contribution in [0, 0.1) is 0 Å². The van der Waals surface area contributed by atoms with Crippen molar-refractivity contribution in [1.29, 1.82) is 0 Å².